The Morgan fingerprint density at radius 1 is 1.00 bits per heavy atom. The molecule has 2 fully saturated rings. The maximum atomic E-state index is 12.6. The van der Waals surface area contributed by atoms with Crippen molar-refractivity contribution in [1.29, 1.82) is 0 Å². The molecule has 3 rings (SSSR count). The number of aliphatic hydroxyl groups excluding tert-OH is 1. The number of carbonyl (C=O) groups is 1. The number of amides is 1. The predicted octanol–water partition coefficient (Wildman–Crippen LogP) is 0.899. The number of likely N-dealkylation sites (tertiary alicyclic amines) is 1. The molecule has 2 atom stereocenters. The molecule has 0 radical (unpaired) electrons. The predicted molar refractivity (Wildman–Crippen MR) is 90.4 cm³/mol. The zero-order valence-corrected chi connectivity index (χ0v) is 13.9. The van der Waals surface area contributed by atoms with Gasteiger partial charge in [-0.1, -0.05) is 18.2 Å². The van der Waals surface area contributed by atoms with E-state index >= 15 is 0 Å². The zero-order valence-electron chi connectivity index (χ0n) is 13.9. The minimum atomic E-state index is -0.341. The first-order chi connectivity index (χ1) is 11.1. The molecule has 2 aliphatic heterocycles. The lowest BCUT2D eigenvalue weighted by atomic mass is 10.0. The monoisotopic (exact) mass is 317 g/mol. The third kappa shape index (κ3) is 3.91. The molecule has 0 bridgehead atoms. The molecule has 1 aromatic rings. The molecule has 1 N–H and O–H groups in total. The summed E-state index contributed by atoms with van der Waals surface area (Å²) in [6, 6.07) is 9.62. The Morgan fingerprint density at radius 3 is 2.35 bits per heavy atom. The molecule has 2 heterocycles. The molecular formula is C18H27N3O2. The van der Waals surface area contributed by atoms with Crippen molar-refractivity contribution in [2.24, 2.45) is 0 Å². The van der Waals surface area contributed by atoms with Gasteiger partial charge in [-0.2, -0.15) is 0 Å². The van der Waals surface area contributed by atoms with Gasteiger partial charge in [0.2, 0.25) is 0 Å². The van der Waals surface area contributed by atoms with E-state index in [1.807, 2.05) is 35.2 Å². The first kappa shape index (κ1) is 16.4. The average molecular weight is 317 g/mol. The molecule has 5 heteroatoms. The van der Waals surface area contributed by atoms with Crippen LogP contribution in [0.2, 0.25) is 0 Å². The van der Waals surface area contributed by atoms with Crippen LogP contribution in [0.3, 0.4) is 0 Å². The topological polar surface area (TPSA) is 47.0 Å². The lowest BCUT2D eigenvalue weighted by molar-refractivity contribution is 0.0224. The minimum Gasteiger partial charge on any atom is -0.391 e. The fourth-order valence-electron chi connectivity index (χ4n) is 3.62. The molecule has 0 unspecified atom stereocenters. The average Bonchev–Trinajstić information content (AvgIpc) is 2.78. The fourth-order valence-corrected chi connectivity index (χ4v) is 3.62. The number of nitrogens with zero attached hydrogens (tertiary/aromatic N) is 3. The number of benzene rings is 1. The summed E-state index contributed by atoms with van der Waals surface area (Å²) < 4.78 is 0. The third-order valence-corrected chi connectivity index (χ3v) is 5.15. The lowest BCUT2D eigenvalue weighted by Crippen LogP contribution is -2.52. The van der Waals surface area contributed by atoms with Crippen molar-refractivity contribution in [2.75, 3.05) is 46.3 Å². The summed E-state index contributed by atoms with van der Waals surface area (Å²) in [6.45, 7) is 5.47. The van der Waals surface area contributed by atoms with Crippen molar-refractivity contribution in [2.45, 2.75) is 25.0 Å². The summed E-state index contributed by atoms with van der Waals surface area (Å²) in [5.41, 5.74) is 0.736. The van der Waals surface area contributed by atoms with Crippen molar-refractivity contribution >= 4 is 5.91 Å². The van der Waals surface area contributed by atoms with Gasteiger partial charge in [-0.3, -0.25) is 9.69 Å². The first-order valence-corrected chi connectivity index (χ1v) is 8.60. The Labute approximate surface area is 138 Å². The van der Waals surface area contributed by atoms with Crippen molar-refractivity contribution in [3.63, 3.8) is 0 Å². The van der Waals surface area contributed by atoms with Gasteiger partial charge in [0, 0.05) is 50.9 Å². The number of rotatable bonds is 2. The van der Waals surface area contributed by atoms with E-state index < -0.39 is 0 Å². The smallest absolute Gasteiger partial charge is 0.253 e. The Balaban J connectivity index is 1.63. The molecule has 126 valence electrons. The van der Waals surface area contributed by atoms with Crippen LogP contribution in [0.4, 0.5) is 0 Å². The highest BCUT2D eigenvalue weighted by Gasteiger charge is 2.32. The summed E-state index contributed by atoms with van der Waals surface area (Å²) in [4.78, 5) is 19.2. The molecule has 5 nitrogen and oxygen atoms in total. The molecule has 0 saturated carbocycles. The molecule has 23 heavy (non-hydrogen) atoms. The van der Waals surface area contributed by atoms with Crippen molar-refractivity contribution < 1.29 is 9.90 Å². The van der Waals surface area contributed by atoms with Crippen LogP contribution in [0.1, 0.15) is 23.2 Å². The number of piperazine rings is 1. The Hall–Kier alpha value is -1.43. The molecule has 1 amide bonds. The second-order valence-electron chi connectivity index (χ2n) is 6.71. The van der Waals surface area contributed by atoms with Gasteiger partial charge < -0.3 is 14.9 Å². The second-order valence-corrected chi connectivity index (χ2v) is 6.71. The van der Waals surface area contributed by atoms with E-state index in [1.54, 1.807) is 0 Å². The van der Waals surface area contributed by atoms with E-state index in [0.717, 1.165) is 44.7 Å². The van der Waals surface area contributed by atoms with Crippen LogP contribution in [0, 0.1) is 0 Å². The molecule has 0 aromatic heterocycles. The summed E-state index contributed by atoms with van der Waals surface area (Å²) >= 11 is 0. The summed E-state index contributed by atoms with van der Waals surface area (Å²) in [5, 5.41) is 10.5. The van der Waals surface area contributed by atoms with Gasteiger partial charge in [0.15, 0.2) is 0 Å². The Morgan fingerprint density at radius 2 is 1.65 bits per heavy atom. The van der Waals surface area contributed by atoms with Crippen LogP contribution >= 0.6 is 0 Å². The van der Waals surface area contributed by atoms with Gasteiger partial charge in [-0.25, -0.2) is 0 Å². The van der Waals surface area contributed by atoms with Crippen LogP contribution in [-0.4, -0.2) is 84.2 Å². The third-order valence-electron chi connectivity index (χ3n) is 5.15. The normalized spacial score (nSPS) is 27.7. The van der Waals surface area contributed by atoms with Crippen molar-refractivity contribution in [3.8, 4) is 0 Å². The highest BCUT2D eigenvalue weighted by Crippen LogP contribution is 2.20. The van der Waals surface area contributed by atoms with Crippen molar-refractivity contribution in [1.82, 2.24) is 14.7 Å². The molecule has 0 spiro atoms. The zero-order chi connectivity index (χ0) is 16.2. The fraction of sp³-hybridized carbons (Fsp3) is 0.611. The number of carbonyl (C=O) groups excluding carboxylic acids is 1. The largest absolute Gasteiger partial charge is 0.391 e. The summed E-state index contributed by atoms with van der Waals surface area (Å²) in [6.07, 6.45) is 1.17. The van der Waals surface area contributed by atoms with Gasteiger partial charge in [0.05, 0.1) is 6.10 Å². The van der Waals surface area contributed by atoms with E-state index in [0.29, 0.717) is 13.0 Å². The molecule has 1 aromatic carbocycles. The van der Waals surface area contributed by atoms with Crippen LogP contribution < -0.4 is 0 Å². The quantitative estimate of drug-likeness (QED) is 0.880. The number of aliphatic hydroxyl groups is 1. The van der Waals surface area contributed by atoms with E-state index in [4.69, 9.17) is 0 Å². The van der Waals surface area contributed by atoms with Crippen LogP contribution in [-0.2, 0) is 0 Å². The maximum absolute atomic E-state index is 12.6. The summed E-state index contributed by atoms with van der Waals surface area (Å²) in [7, 11) is 2.14. The molecule has 0 aliphatic carbocycles. The molecular weight excluding hydrogens is 290 g/mol. The maximum Gasteiger partial charge on any atom is 0.253 e. The lowest BCUT2D eigenvalue weighted by Gasteiger charge is -2.39. The van der Waals surface area contributed by atoms with E-state index in [2.05, 4.69) is 16.8 Å². The summed E-state index contributed by atoms with van der Waals surface area (Å²) in [5.74, 6) is 0.0804. The van der Waals surface area contributed by atoms with Gasteiger partial charge in [0.25, 0.3) is 5.91 Å². The Kier molecular flexibility index (Phi) is 5.30. The van der Waals surface area contributed by atoms with Crippen molar-refractivity contribution in [3.05, 3.63) is 35.9 Å². The number of hydrogen-bond donors (Lipinski definition) is 1. The second kappa shape index (κ2) is 7.43. The number of hydrogen-bond acceptors (Lipinski definition) is 4. The van der Waals surface area contributed by atoms with E-state index in [1.165, 1.54) is 0 Å². The highest BCUT2D eigenvalue weighted by atomic mass is 16.3. The van der Waals surface area contributed by atoms with Gasteiger partial charge in [-0.05, 0) is 32.0 Å². The van der Waals surface area contributed by atoms with Gasteiger partial charge in [0.1, 0.15) is 0 Å². The van der Waals surface area contributed by atoms with Crippen LogP contribution in [0.15, 0.2) is 30.3 Å². The Bertz CT molecular complexity index is 514. The number of likely N-dealkylation sites (N-methyl/N-ethyl adjacent to an activating group) is 1. The van der Waals surface area contributed by atoms with Gasteiger partial charge >= 0.3 is 0 Å². The van der Waals surface area contributed by atoms with Gasteiger partial charge in [-0.15, -0.1) is 0 Å². The molecule has 2 aliphatic rings. The van der Waals surface area contributed by atoms with E-state index in [9.17, 15) is 9.90 Å². The SMILES string of the molecule is CN1CCN([C@H]2CCN(C(=O)c3ccccc3)CC[C@@H]2O)CC1. The molecule has 2 saturated heterocycles. The minimum absolute atomic E-state index is 0.0804. The van der Waals surface area contributed by atoms with E-state index in [-0.39, 0.29) is 18.1 Å². The highest BCUT2D eigenvalue weighted by molar-refractivity contribution is 5.94. The standard InChI is InChI=1S/C18H27N3O2/c1-19-11-13-20(14-12-19)16-7-9-21(10-8-17(16)22)18(23)15-5-3-2-4-6-15/h2-6,16-17,22H,7-14H2,1H3/t16-,17-/m0/s1. The van der Waals surface area contributed by atoms with Crippen LogP contribution in [0.5, 0.6) is 0 Å². The van der Waals surface area contributed by atoms with Crippen LogP contribution in [0.25, 0.3) is 0 Å². The first-order valence-electron chi connectivity index (χ1n) is 8.60.